The molecule has 0 aromatic carbocycles. The number of nitrogens with zero attached hydrogens (tertiary/aromatic N) is 1. The summed E-state index contributed by atoms with van der Waals surface area (Å²) in [5.74, 6) is 0.793. The fourth-order valence-corrected chi connectivity index (χ4v) is 1.74. The average molecular weight is 214 g/mol. The lowest BCUT2D eigenvalue weighted by atomic mass is 10.1. The van der Waals surface area contributed by atoms with Gasteiger partial charge in [-0.2, -0.15) is 0 Å². The van der Waals surface area contributed by atoms with Crippen molar-refractivity contribution < 1.29 is 0 Å². The molecule has 3 heteroatoms. The topological polar surface area (TPSA) is 29.3 Å². The zero-order chi connectivity index (χ0) is 10.6. The highest BCUT2D eigenvalue weighted by molar-refractivity contribution is 7.80. The first-order valence-electron chi connectivity index (χ1n) is 5.65. The van der Waals surface area contributed by atoms with E-state index in [-0.39, 0.29) is 0 Å². The minimum absolute atomic E-state index is 0.653. The smallest absolute Gasteiger partial charge is 0.0740 e. The summed E-state index contributed by atoms with van der Waals surface area (Å²) in [7, 11) is 0. The molecule has 0 spiro atoms. The van der Waals surface area contributed by atoms with Gasteiger partial charge in [0.05, 0.1) is 4.99 Å². The number of hydrogen-bond donors (Lipinski definition) is 1. The van der Waals surface area contributed by atoms with Gasteiger partial charge in [0.2, 0.25) is 0 Å². The van der Waals surface area contributed by atoms with Crippen LogP contribution in [0.3, 0.4) is 0 Å². The second kappa shape index (κ2) is 5.66. The maximum Gasteiger partial charge on any atom is 0.0740 e. The van der Waals surface area contributed by atoms with E-state index in [4.69, 9.17) is 18.0 Å². The summed E-state index contributed by atoms with van der Waals surface area (Å²) in [6.07, 6.45) is 4.88. The number of nitrogens with two attached hydrogens (primary N) is 1. The van der Waals surface area contributed by atoms with Gasteiger partial charge in [0.25, 0.3) is 0 Å². The molecule has 1 aliphatic rings. The van der Waals surface area contributed by atoms with E-state index < -0.39 is 0 Å². The first-order valence-corrected chi connectivity index (χ1v) is 6.06. The van der Waals surface area contributed by atoms with Crippen molar-refractivity contribution in [2.45, 2.75) is 45.6 Å². The normalized spacial score (nSPS) is 18.5. The minimum atomic E-state index is 0.653. The van der Waals surface area contributed by atoms with E-state index in [0.29, 0.717) is 4.99 Å². The zero-order valence-electron chi connectivity index (χ0n) is 9.33. The van der Waals surface area contributed by atoms with E-state index in [1.54, 1.807) is 0 Å². The molecular weight excluding hydrogens is 192 g/mol. The van der Waals surface area contributed by atoms with Crippen LogP contribution in [0.2, 0.25) is 0 Å². The molecule has 0 radical (unpaired) electrons. The van der Waals surface area contributed by atoms with Crippen molar-refractivity contribution in [1.82, 2.24) is 4.90 Å². The van der Waals surface area contributed by atoms with Crippen LogP contribution in [0, 0.1) is 5.92 Å². The van der Waals surface area contributed by atoms with Crippen LogP contribution in [0.25, 0.3) is 0 Å². The summed E-state index contributed by atoms with van der Waals surface area (Å²) >= 11 is 4.91. The minimum Gasteiger partial charge on any atom is -0.393 e. The Morgan fingerprint density at radius 2 is 2.21 bits per heavy atom. The Hall–Kier alpha value is -0.150. The molecule has 1 fully saturated rings. The predicted molar refractivity (Wildman–Crippen MR) is 65.5 cm³/mol. The molecule has 1 atom stereocenters. The molecule has 2 nitrogen and oxygen atoms in total. The van der Waals surface area contributed by atoms with Gasteiger partial charge >= 0.3 is 0 Å². The maximum atomic E-state index is 5.53. The third-order valence-corrected chi connectivity index (χ3v) is 3.16. The van der Waals surface area contributed by atoms with E-state index in [2.05, 4.69) is 18.7 Å². The monoisotopic (exact) mass is 214 g/mol. The molecule has 0 aliphatic heterocycles. The summed E-state index contributed by atoms with van der Waals surface area (Å²) in [4.78, 5) is 3.22. The van der Waals surface area contributed by atoms with Gasteiger partial charge in [-0.15, -0.1) is 0 Å². The Labute approximate surface area is 92.8 Å². The number of thiocarbonyl (C=S) groups is 1. The molecule has 1 unspecified atom stereocenters. The molecule has 2 N–H and O–H groups in total. The Morgan fingerprint density at radius 1 is 1.57 bits per heavy atom. The van der Waals surface area contributed by atoms with E-state index in [0.717, 1.165) is 24.9 Å². The third kappa shape index (κ3) is 4.38. The van der Waals surface area contributed by atoms with E-state index in [1.165, 1.54) is 25.8 Å². The van der Waals surface area contributed by atoms with Crippen LogP contribution < -0.4 is 5.73 Å². The van der Waals surface area contributed by atoms with Crippen LogP contribution in [0.5, 0.6) is 0 Å². The maximum absolute atomic E-state index is 5.53. The Balaban J connectivity index is 2.27. The van der Waals surface area contributed by atoms with Crippen molar-refractivity contribution >= 4 is 17.2 Å². The summed E-state index contributed by atoms with van der Waals surface area (Å²) in [6, 6.07) is 0.832. The fourth-order valence-electron chi connectivity index (χ4n) is 1.65. The van der Waals surface area contributed by atoms with Crippen LogP contribution in [-0.4, -0.2) is 29.0 Å². The van der Waals surface area contributed by atoms with Crippen LogP contribution in [0.4, 0.5) is 0 Å². The molecule has 0 aromatic rings. The second-order valence-corrected chi connectivity index (χ2v) is 4.98. The predicted octanol–water partition coefficient (Wildman–Crippen LogP) is 2.17. The highest BCUT2D eigenvalue weighted by Gasteiger charge is 2.29. The average Bonchev–Trinajstić information content (AvgIpc) is 2.94. The van der Waals surface area contributed by atoms with Crippen LogP contribution in [0.1, 0.15) is 39.5 Å². The molecule has 0 aromatic heterocycles. The molecule has 1 saturated carbocycles. The fraction of sp³-hybridized carbons (Fsp3) is 0.909. The van der Waals surface area contributed by atoms with Crippen molar-refractivity contribution in [3.05, 3.63) is 0 Å². The summed E-state index contributed by atoms with van der Waals surface area (Å²) in [5, 5.41) is 0. The Kier molecular flexibility index (Phi) is 4.82. The lowest BCUT2D eigenvalue weighted by Gasteiger charge is -2.24. The quantitative estimate of drug-likeness (QED) is 0.659. The van der Waals surface area contributed by atoms with Crippen molar-refractivity contribution in [2.75, 3.05) is 13.1 Å². The highest BCUT2D eigenvalue weighted by Crippen LogP contribution is 2.27. The van der Waals surface area contributed by atoms with Gasteiger partial charge < -0.3 is 5.73 Å². The van der Waals surface area contributed by atoms with Gasteiger partial charge in [0.1, 0.15) is 0 Å². The largest absolute Gasteiger partial charge is 0.393 e. The number of hydrogen-bond acceptors (Lipinski definition) is 2. The lowest BCUT2D eigenvalue weighted by Crippen LogP contribution is -2.33. The van der Waals surface area contributed by atoms with Crippen LogP contribution >= 0.6 is 12.2 Å². The molecular formula is C11H22N2S. The molecule has 14 heavy (non-hydrogen) atoms. The molecule has 0 bridgehead atoms. The van der Waals surface area contributed by atoms with Crippen molar-refractivity contribution in [3.8, 4) is 0 Å². The number of rotatable bonds is 7. The summed E-state index contributed by atoms with van der Waals surface area (Å²) in [6.45, 7) is 6.84. The Bertz CT molecular complexity index is 190. The zero-order valence-corrected chi connectivity index (χ0v) is 10.1. The molecule has 0 amide bonds. The van der Waals surface area contributed by atoms with Gasteiger partial charge in [-0.1, -0.05) is 32.5 Å². The van der Waals surface area contributed by atoms with Gasteiger partial charge in [0.15, 0.2) is 0 Å². The van der Waals surface area contributed by atoms with E-state index in [1.807, 2.05) is 0 Å². The van der Waals surface area contributed by atoms with E-state index in [9.17, 15) is 0 Å². The molecule has 0 heterocycles. The van der Waals surface area contributed by atoms with Crippen molar-refractivity contribution in [1.29, 1.82) is 0 Å². The van der Waals surface area contributed by atoms with Gasteiger partial charge in [0, 0.05) is 25.6 Å². The van der Waals surface area contributed by atoms with Gasteiger partial charge in [-0.3, -0.25) is 4.90 Å². The second-order valence-electron chi connectivity index (χ2n) is 4.46. The Morgan fingerprint density at radius 3 is 2.64 bits per heavy atom. The summed E-state index contributed by atoms with van der Waals surface area (Å²) in [5.41, 5.74) is 5.53. The standard InChI is InChI=1S/C11H22N2S/c1-3-9(2)8-13(10-4-5-10)7-6-11(12)14/h9-10H,3-8H2,1-2H3,(H2,12,14). The first-order chi connectivity index (χ1) is 6.63. The van der Waals surface area contributed by atoms with Gasteiger partial charge in [-0.25, -0.2) is 0 Å². The highest BCUT2D eigenvalue weighted by atomic mass is 32.1. The van der Waals surface area contributed by atoms with Crippen LogP contribution in [-0.2, 0) is 0 Å². The lowest BCUT2D eigenvalue weighted by molar-refractivity contribution is 0.231. The van der Waals surface area contributed by atoms with Gasteiger partial charge in [-0.05, 0) is 18.8 Å². The molecule has 82 valence electrons. The molecule has 1 rings (SSSR count). The van der Waals surface area contributed by atoms with E-state index >= 15 is 0 Å². The van der Waals surface area contributed by atoms with Crippen LogP contribution in [0.15, 0.2) is 0 Å². The first kappa shape index (κ1) is 11.9. The summed E-state index contributed by atoms with van der Waals surface area (Å²) < 4.78 is 0. The third-order valence-electron chi connectivity index (χ3n) is 2.95. The SMILES string of the molecule is CCC(C)CN(CCC(N)=S)C1CC1. The van der Waals surface area contributed by atoms with Crippen molar-refractivity contribution in [2.24, 2.45) is 11.7 Å². The molecule has 1 aliphatic carbocycles. The van der Waals surface area contributed by atoms with Crippen molar-refractivity contribution in [3.63, 3.8) is 0 Å². The molecule has 0 saturated heterocycles.